The molecule has 110 valence electrons. The van der Waals surface area contributed by atoms with Gasteiger partial charge in [0.05, 0.1) is 18.4 Å². The number of rotatable bonds is 6. The highest BCUT2D eigenvalue weighted by Gasteiger charge is 2.15. The third-order valence-corrected chi connectivity index (χ3v) is 3.00. The molecule has 21 heavy (non-hydrogen) atoms. The first-order valence-corrected chi connectivity index (χ1v) is 6.71. The van der Waals surface area contributed by atoms with E-state index in [0.29, 0.717) is 19.6 Å². The van der Waals surface area contributed by atoms with Crippen LogP contribution in [0, 0.1) is 5.82 Å². The monoisotopic (exact) mass is 288 g/mol. The summed E-state index contributed by atoms with van der Waals surface area (Å²) in [5.41, 5.74) is 0.0384. The molecule has 0 radical (unpaired) electrons. The lowest BCUT2D eigenvalue weighted by molar-refractivity contribution is 0.0783. The highest BCUT2D eigenvalue weighted by molar-refractivity contribution is 5.94. The van der Waals surface area contributed by atoms with Crippen LogP contribution in [0.1, 0.15) is 16.8 Å². The number of benzene rings is 1. The van der Waals surface area contributed by atoms with Crippen molar-refractivity contribution in [3.8, 4) is 5.75 Å². The fraction of sp³-hybridized carbons (Fsp3) is 0.250. The standard InChI is InChI=1S/C16H17FN2O2/c1-19(16(20)14-8-9-18-12-15(14)17)10-5-11-21-13-6-3-2-4-7-13/h2-4,6-9,12H,5,10-11H2,1H3. The average molecular weight is 288 g/mol. The Kier molecular flexibility index (Phi) is 5.26. The lowest BCUT2D eigenvalue weighted by atomic mass is 10.2. The molecule has 2 aromatic rings. The second-order valence-corrected chi connectivity index (χ2v) is 4.60. The van der Waals surface area contributed by atoms with Crippen LogP contribution in [0.2, 0.25) is 0 Å². The number of amides is 1. The van der Waals surface area contributed by atoms with Crippen LogP contribution >= 0.6 is 0 Å². The normalized spacial score (nSPS) is 10.2. The maximum absolute atomic E-state index is 13.5. The van der Waals surface area contributed by atoms with Crippen LogP contribution in [0.4, 0.5) is 4.39 Å². The van der Waals surface area contributed by atoms with Gasteiger partial charge < -0.3 is 9.64 Å². The van der Waals surface area contributed by atoms with E-state index in [1.807, 2.05) is 30.3 Å². The van der Waals surface area contributed by atoms with Crippen LogP contribution in [0.15, 0.2) is 48.8 Å². The van der Waals surface area contributed by atoms with E-state index >= 15 is 0 Å². The van der Waals surface area contributed by atoms with Gasteiger partial charge in [0.2, 0.25) is 0 Å². The van der Waals surface area contributed by atoms with E-state index in [9.17, 15) is 9.18 Å². The molecule has 0 fully saturated rings. The SMILES string of the molecule is CN(CCCOc1ccccc1)C(=O)c1ccncc1F. The molecule has 4 nitrogen and oxygen atoms in total. The fourth-order valence-electron chi connectivity index (χ4n) is 1.86. The minimum absolute atomic E-state index is 0.0384. The molecule has 0 aliphatic rings. The molecule has 1 aromatic heterocycles. The molecule has 0 spiro atoms. The molecule has 0 saturated carbocycles. The van der Waals surface area contributed by atoms with E-state index < -0.39 is 5.82 Å². The molecule has 5 heteroatoms. The van der Waals surface area contributed by atoms with Crippen molar-refractivity contribution >= 4 is 5.91 Å². The molecule has 1 heterocycles. The van der Waals surface area contributed by atoms with Crippen molar-refractivity contribution in [1.82, 2.24) is 9.88 Å². The van der Waals surface area contributed by atoms with Crippen molar-refractivity contribution in [1.29, 1.82) is 0 Å². The minimum atomic E-state index is -0.602. The summed E-state index contributed by atoms with van der Waals surface area (Å²) >= 11 is 0. The average Bonchev–Trinajstić information content (AvgIpc) is 2.52. The molecule has 0 bridgehead atoms. The summed E-state index contributed by atoms with van der Waals surface area (Å²) in [7, 11) is 1.64. The van der Waals surface area contributed by atoms with Gasteiger partial charge in [0.25, 0.3) is 5.91 Å². The van der Waals surface area contributed by atoms with Crippen LogP contribution in [0.25, 0.3) is 0 Å². The number of aromatic nitrogens is 1. The van der Waals surface area contributed by atoms with Crippen LogP contribution < -0.4 is 4.74 Å². The Morgan fingerprint density at radius 1 is 1.29 bits per heavy atom. The number of carbonyl (C=O) groups is 1. The van der Waals surface area contributed by atoms with Gasteiger partial charge in [0.15, 0.2) is 5.82 Å². The molecule has 0 aliphatic heterocycles. The van der Waals surface area contributed by atoms with Crippen LogP contribution in [-0.2, 0) is 0 Å². The van der Waals surface area contributed by atoms with Crippen molar-refractivity contribution < 1.29 is 13.9 Å². The number of para-hydroxylation sites is 1. The molecule has 0 aliphatic carbocycles. The molecule has 0 atom stereocenters. The lowest BCUT2D eigenvalue weighted by Crippen LogP contribution is -2.29. The number of nitrogens with zero attached hydrogens (tertiary/aromatic N) is 2. The van der Waals surface area contributed by atoms with E-state index in [1.165, 1.54) is 17.2 Å². The number of carbonyl (C=O) groups excluding carboxylic acids is 1. The van der Waals surface area contributed by atoms with Gasteiger partial charge in [-0.2, -0.15) is 0 Å². The smallest absolute Gasteiger partial charge is 0.256 e. The highest BCUT2D eigenvalue weighted by atomic mass is 19.1. The summed E-state index contributed by atoms with van der Waals surface area (Å²) in [6.07, 6.45) is 3.12. The summed E-state index contributed by atoms with van der Waals surface area (Å²) in [4.78, 5) is 17.2. The second kappa shape index (κ2) is 7.38. The largest absolute Gasteiger partial charge is 0.494 e. The van der Waals surface area contributed by atoms with Crippen molar-refractivity contribution in [3.63, 3.8) is 0 Å². The third kappa shape index (κ3) is 4.27. The second-order valence-electron chi connectivity index (χ2n) is 4.60. The highest BCUT2D eigenvalue weighted by Crippen LogP contribution is 2.10. The van der Waals surface area contributed by atoms with Gasteiger partial charge >= 0.3 is 0 Å². The molecule has 0 saturated heterocycles. The summed E-state index contributed by atoms with van der Waals surface area (Å²) in [5, 5.41) is 0. The van der Waals surface area contributed by atoms with E-state index in [2.05, 4.69) is 4.98 Å². The molecular formula is C16H17FN2O2. The Morgan fingerprint density at radius 3 is 2.76 bits per heavy atom. The van der Waals surface area contributed by atoms with Gasteiger partial charge in [-0.1, -0.05) is 18.2 Å². The molecule has 1 aromatic carbocycles. The third-order valence-electron chi connectivity index (χ3n) is 3.00. The zero-order valence-corrected chi connectivity index (χ0v) is 11.8. The van der Waals surface area contributed by atoms with E-state index in [4.69, 9.17) is 4.74 Å². The van der Waals surface area contributed by atoms with Crippen LogP contribution in [-0.4, -0.2) is 36.0 Å². The number of ether oxygens (including phenoxy) is 1. The topological polar surface area (TPSA) is 42.4 Å². The van der Waals surface area contributed by atoms with Gasteiger partial charge in [-0.25, -0.2) is 4.39 Å². The van der Waals surface area contributed by atoms with Crippen molar-refractivity contribution in [3.05, 3.63) is 60.2 Å². The predicted molar refractivity (Wildman–Crippen MR) is 77.7 cm³/mol. The zero-order chi connectivity index (χ0) is 15.1. The first-order chi connectivity index (χ1) is 10.2. The Morgan fingerprint density at radius 2 is 2.05 bits per heavy atom. The Labute approximate surface area is 123 Å². The van der Waals surface area contributed by atoms with E-state index in [1.54, 1.807) is 7.05 Å². The lowest BCUT2D eigenvalue weighted by Gasteiger charge is -2.17. The number of halogens is 1. The van der Waals surface area contributed by atoms with Crippen LogP contribution in [0.5, 0.6) is 5.75 Å². The Balaban J connectivity index is 1.78. The quantitative estimate of drug-likeness (QED) is 0.768. The summed E-state index contributed by atoms with van der Waals surface area (Å²) in [6, 6.07) is 10.9. The Hall–Kier alpha value is -2.43. The summed E-state index contributed by atoms with van der Waals surface area (Å²) in [6.45, 7) is 0.994. The minimum Gasteiger partial charge on any atom is -0.494 e. The summed E-state index contributed by atoms with van der Waals surface area (Å²) < 4.78 is 19.0. The Bertz CT molecular complexity index is 590. The molecule has 0 unspecified atom stereocenters. The maximum Gasteiger partial charge on any atom is 0.256 e. The predicted octanol–water partition coefficient (Wildman–Crippen LogP) is 2.76. The zero-order valence-electron chi connectivity index (χ0n) is 11.8. The van der Waals surface area contributed by atoms with Gasteiger partial charge in [0, 0.05) is 19.8 Å². The molecule has 0 N–H and O–H groups in total. The molecular weight excluding hydrogens is 271 g/mol. The number of hydrogen-bond donors (Lipinski definition) is 0. The van der Waals surface area contributed by atoms with Crippen molar-refractivity contribution in [2.75, 3.05) is 20.2 Å². The molecule has 2 rings (SSSR count). The number of pyridine rings is 1. The maximum atomic E-state index is 13.5. The van der Waals surface area contributed by atoms with Gasteiger partial charge in [-0.05, 0) is 24.6 Å². The van der Waals surface area contributed by atoms with E-state index in [0.717, 1.165) is 11.9 Å². The van der Waals surface area contributed by atoms with Gasteiger partial charge in [0.1, 0.15) is 5.75 Å². The number of hydrogen-bond acceptors (Lipinski definition) is 3. The summed E-state index contributed by atoms with van der Waals surface area (Å²) in [5.74, 6) is -0.156. The van der Waals surface area contributed by atoms with Crippen LogP contribution in [0.3, 0.4) is 0 Å². The first kappa shape index (κ1) is 15.0. The van der Waals surface area contributed by atoms with Gasteiger partial charge in [-0.15, -0.1) is 0 Å². The van der Waals surface area contributed by atoms with Crippen molar-refractivity contribution in [2.24, 2.45) is 0 Å². The first-order valence-electron chi connectivity index (χ1n) is 6.71. The van der Waals surface area contributed by atoms with E-state index in [-0.39, 0.29) is 11.5 Å². The van der Waals surface area contributed by atoms with Crippen molar-refractivity contribution in [2.45, 2.75) is 6.42 Å². The molecule has 1 amide bonds. The fourth-order valence-corrected chi connectivity index (χ4v) is 1.86. The van der Waals surface area contributed by atoms with Gasteiger partial charge in [-0.3, -0.25) is 9.78 Å².